The molecule has 0 saturated carbocycles. The van der Waals surface area contributed by atoms with Crippen molar-refractivity contribution in [2.45, 2.75) is 44.6 Å². The fourth-order valence-corrected chi connectivity index (χ4v) is 4.11. The molecule has 1 aromatic carbocycles. The third-order valence-electron chi connectivity index (χ3n) is 4.31. The van der Waals surface area contributed by atoms with Crippen molar-refractivity contribution >= 4 is 21.8 Å². The van der Waals surface area contributed by atoms with Gasteiger partial charge in [0, 0.05) is 24.7 Å². The molecule has 2 rings (SSSR count). The Labute approximate surface area is 155 Å². The lowest BCUT2D eigenvalue weighted by Crippen LogP contribution is -2.49. The molecule has 2 amide bonds. The van der Waals surface area contributed by atoms with Crippen LogP contribution in [-0.4, -0.2) is 50.2 Å². The van der Waals surface area contributed by atoms with Gasteiger partial charge in [0.2, 0.25) is 15.9 Å². The van der Waals surface area contributed by atoms with Gasteiger partial charge in [-0.25, -0.2) is 8.42 Å². The van der Waals surface area contributed by atoms with E-state index in [4.69, 9.17) is 0 Å². The van der Waals surface area contributed by atoms with Crippen molar-refractivity contribution in [1.82, 2.24) is 14.9 Å². The average molecular weight is 381 g/mol. The molecule has 2 N–H and O–H groups in total. The molecule has 1 aliphatic rings. The van der Waals surface area contributed by atoms with Crippen LogP contribution in [0.25, 0.3) is 0 Å². The maximum absolute atomic E-state index is 12.6. The summed E-state index contributed by atoms with van der Waals surface area (Å²) in [6.07, 6.45) is 1.93. The number of rotatable bonds is 7. The SMILES string of the molecule is CC(C)CC[C@@H](C)NC(=O)c1ccc(S(=O)(=O)N2CCNC(=O)C2)cc1. The molecule has 0 aromatic heterocycles. The van der Waals surface area contributed by atoms with Gasteiger partial charge >= 0.3 is 0 Å². The van der Waals surface area contributed by atoms with Crippen molar-refractivity contribution < 1.29 is 18.0 Å². The van der Waals surface area contributed by atoms with Gasteiger partial charge in [0.05, 0.1) is 11.4 Å². The molecule has 7 nitrogen and oxygen atoms in total. The highest BCUT2D eigenvalue weighted by molar-refractivity contribution is 7.89. The standard InChI is InChI=1S/C18H27N3O4S/c1-13(2)4-5-14(3)20-18(23)15-6-8-16(9-7-15)26(24,25)21-11-10-19-17(22)12-21/h6-9,13-14H,4-5,10-12H2,1-3H3,(H,19,22)(H,20,23)/t14-/m1/s1. The first-order chi connectivity index (χ1) is 12.2. The molecule has 1 saturated heterocycles. The zero-order valence-electron chi connectivity index (χ0n) is 15.5. The van der Waals surface area contributed by atoms with Crippen molar-refractivity contribution in [3.63, 3.8) is 0 Å². The Bertz CT molecular complexity index is 744. The number of carbonyl (C=O) groups excluding carboxylic acids is 2. The van der Waals surface area contributed by atoms with E-state index in [1.807, 2.05) is 6.92 Å². The zero-order valence-corrected chi connectivity index (χ0v) is 16.3. The quantitative estimate of drug-likeness (QED) is 0.745. The minimum Gasteiger partial charge on any atom is -0.354 e. The van der Waals surface area contributed by atoms with Crippen molar-refractivity contribution in [3.05, 3.63) is 29.8 Å². The van der Waals surface area contributed by atoms with Gasteiger partial charge in [0.1, 0.15) is 0 Å². The molecular weight excluding hydrogens is 354 g/mol. The van der Waals surface area contributed by atoms with Gasteiger partial charge in [-0.1, -0.05) is 13.8 Å². The van der Waals surface area contributed by atoms with Crippen molar-refractivity contribution in [1.29, 1.82) is 0 Å². The van der Waals surface area contributed by atoms with E-state index < -0.39 is 10.0 Å². The highest BCUT2D eigenvalue weighted by Crippen LogP contribution is 2.17. The van der Waals surface area contributed by atoms with Crippen LogP contribution >= 0.6 is 0 Å². The first kappa shape index (κ1) is 20.4. The topological polar surface area (TPSA) is 95.6 Å². The number of piperazine rings is 1. The second-order valence-corrected chi connectivity index (χ2v) is 9.00. The molecule has 26 heavy (non-hydrogen) atoms. The van der Waals surface area contributed by atoms with Crippen LogP contribution in [-0.2, 0) is 14.8 Å². The van der Waals surface area contributed by atoms with Crippen LogP contribution in [0.2, 0.25) is 0 Å². The lowest BCUT2D eigenvalue weighted by atomic mass is 10.0. The molecule has 1 aliphatic heterocycles. The van der Waals surface area contributed by atoms with Crippen LogP contribution in [0.5, 0.6) is 0 Å². The van der Waals surface area contributed by atoms with Crippen LogP contribution in [0.1, 0.15) is 44.0 Å². The number of nitrogens with zero attached hydrogens (tertiary/aromatic N) is 1. The molecule has 0 spiro atoms. The van der Waals surface area contributed by atoms with Gasteiger partial charge in [-0.3, -0.25) is 9.59 Å². The molecular formula is C18H27N3O4S. The molecule has 0 bridgehead atoms. The molecule has 144 valence electrons. The summed E-state index contributed by atoms with van der Waals surface area (Å²) in [7, 11) is -3.74. The predicted octanol–water partition coefficient (Wildman–Crippen LogP) is 1.36. The highest BCUT2D eigenvalue weighted by Gasteiger charge is 2.29. The first-order valence-corrected chi connectivity index (χ1v) is 10.3. The van der Waals surface area contributed by atoms with Crippen LogP contribution < -0.4 is 10.6 Å². The molecule has 1 atom stereocenters. The van der Waals surface area contributed by atoms with E-state index in [9.17, 15) is 18.0 Å². The van der Waals surface area contributed by atoms with E-state index >= 15 is 0 Å². The Morgan fingerprint density at radius 3 is 2.42 bits per heavy atom. The zero-order chi connectivity index (χ0) is 19.3. The maximum atomic E-state index is 12.6. The van der Waals surface area contributed by atoms with Crippen molar-refractivity contribution in [3.8, 4) is 0 Å². The van der Waals surface area contributed by atoms with Crippen molar-refractivity contribution in [2.24, 2.45) is 5.92 Å². The molecule has 8 heteroatoms. The van der Waals surface area contributed by atoms with Crippen LogP contribution in [0.4, 0.5) is 0 Å². The normalized spacial score (nSPS) is 17.0. The van der Waals surface area contributed by atoms with Gasteiger partial charge in [0.25, 0.3) is 5.91 Å². The number of hydrogen-bond acceptors (Lipinski definition) is 4. The van der Waals surface area contributed by atoms with Crippen LogP contribution in [0.15, 0.2) is 29.2 Å². The number of nitrogens with one attached hydrogen (secondary N) is 2. The van der Waals surface area contributed by atoms with Gasteiger partial charge in [-0.05, 0) is 49.9 Å². The fraction of sp³-hybridized carbons (Fsp3) is 0.556. The number of hydrogen-bond donors (Lipinski definition) is 2. The average Bonchev–Trinajstić information content (AvgIpc) is 2.60. The Hall–Kier alpha value is -1.93. The lowest BCUT2D eigenvalue weighted by Gasteiger charge is -2.25. The minimum absolute atomic E-state index is 0.0557. The Morgan fingerprint density at radius 2 is 1.85 bits per heavy atom. The monoisotopic (exact) mass is 381 g/mol. The highest BCUT2D eigenvalue weighted by atomic mass is 32.2. The fourth-order valence-electron chi connectivity index (χ4n) is 2.71. The summed E-state index contributed by atoms with van der Waals surface area (Å²) in [6, 6.07) is 5.88. The minimum atomic E-state index is -3.74. The summed E-state index contributed by atoms with van der Waals surface area (Å²) >= 11 is 0. The Balaban J connectivity index is 2.03. The first-order valence-electron chi connectivity index (χ1n) is 8.88. The molecule has 0 radical (unpaired) electrons. The van der Waals surface area contributed by atoms with E-state index in [0.717, 1.165) is 17.1 Å². The van der Waals surface area contributed by atoms with Gasteiger partial charge < -0.3 is 10.6 Å². The molecule has 1 aromatic rings. The molecule has 0 aliphatic carbocycles. The summed E-state index contributed by atoms with van der Waals surface area (Å²) in [5, 5.41) is 5.52. The lowest BCUT2D eigenvalue weighted by molar-refractivity contribution is -0.122. The summed E-state index contributed by atoms with van der Waals surface area (Å²) in [4.78, 5) is 23.8. The number of carbonyl (C=O) groups is 2. The van der Waals surface area contributed by atoms with Crippen molar-refractivity contribution in [2.75, 3.05) is 19.6 Å². The molecule has 0 unspecified atom stereocenters. The van der Waals surface area contributed by atoms with Gasteiger partial charge in [-0.15, -0.1) is 0 Å². The van der Waals surface area contributed by atoms with E-state index in [-0.39, 0.29) is 35.8 Å². The van der Waals surface area contributed by atoms with Gasteiger partial charge in [0.15, 0.2) is 0 Å². The van der Waals surface area contributed by atoms with Gasteiger partial charge in [-0.2, -0.15) is 4.31 Å². The van der Waals surface area contributed by atoms with E-state index in [0.29, 0.717) is 18.0 Å². The largest absolute Gasteiger partial charge is 0.354 e. The summed E-state index contributed by atoms with van der Waals surface area (Å²) < 4.78 is 26.3. The summed E-state index contributed by atoms with van der Waals surface area (Å²) in [6.45, 7) is 6.59. The predicted molar refractivity (Wildman–Crippen MR) is 99.2 cm³/mol. The molecule has 1 fully saturated rings. The van der Waals surface area contributed by atoms with Crippen LogP contribution in [0, 0.1) is 5.92 Å². The Morgan fingerprint density at radius 1 is 1.19 bits per heavy atom. The van der Waals surface area contributed by atoms with E-state index in [1.165, 1.54) is 24.3 Å². The summed E-state index contributed by atoms with van der Waals surface area (Å²) in [5.74, 6) is 0.0458. The second kappa shape index (κ2) is 8.64. The third kappa shape index (κ3) is 5.28. The molecule has 1 heterocycles. The second-order valence-electron chi connectivity index (χ2n) is 7.06. The Kier molecular flexibility index (Phi) is 6.77. The van der Waals surface area contributed by atoms with E-state index in [1.54, 1.807) is 0 Å². The summed E-state index contributed by atoms with van der Waals surface area (Å²) in [5.41, 5.74) is 0.414. The number of sulfonamides is 1. The van der Waals surface area contributed by atoms with E-state index in [2.05, 4.69) is 24.5 Å². The maximum Gasteiger partial charge on any atom is 0.251 e. The smallest absolute Gasteiger partial charge is 0.251 e. The third-order valence-corrected chi connectivity index (χ3v) is 6.17. The van der Waals surface area contributed by atoms with Crippen LogP contribution in [0.3, 0.4) is 0 Å². The number of benzene rings is 1. The number of amides is 2.